The molecule has 0 radical (unpaired) electrons. The van der Waals surface area contributed by atoms with Crippen molar-refractivity contribution >= 4 is 16.3 Å². The predicted octanol–water partition coefficient (Wildman–Crippen LogP) is 3.60. The summed E-state index contributed by atoms with van der Waals surface area (Å²) < 4.78 is 0. The second-order valence-electron chi connectivity index (χ2n) is 4.67. The molecule has 94 valence electrons. The van der Waals surface area contributed by atoms with E-state index in [0.29, 0.717) is 0 Å². The van der Waals surface area contributed by atoms with Crippen LogP contribution in [0.2, 0.25) is 0 Å². The predicted molar refractivity (Wildman–Crippen MR) is 80.2 cm³/mol. The van der Waals surface area contributed by atoms with Gasteiger partial charge in [-0.2, -0.15) is 0 Å². The van der Waals surface area contributed by atoms with Crippen molar-refractivity contribution in [1.29, 1.82) is 0 Å². The van der Waals surface area contributed by atoms with Crippen molar-refractivity contribution in [1.82, 2.24) is 4.98 Å². The first-order valence-corrected chi connectivity index (χ1v) is 6.38. The lowest BCUT2D eigenvalue weighted by atomic mass is 10.0. The number of benzene rings is 1. The third-order valence-electron chi connectivity index (χ3n) is 3.60. The molecule has 0 atom stereocenters. The first kappa shape index (κ1) is 11.7. The van der Waals surface area contributed by atoms with Crippen LogP contribution in [0.15, 0.2) is 59.4 Å². The van der Waals surface area contributed by atoms with Crippen LogP contribution in [-0.4, -0.2) is 4.98 Å². The molecule has 2 aromatic rings. The van der Waals surface area contributed by atoms with Gasteiger partial charge in [-0.1, -0.05) is 43.0 Å². The van der Waals surface area contributed by atoms with Gasteiger partial charge in [0.2, 0.25) is 0 Å². The smallest absolute Gasteiger partial charge is 0.256 e. The Labute approximate surface area is 111 Å². The monoisotopic (exact) mass is 249 g/mol. The van der Waals surface area contributed by atoms with Crippen LogP contribution in [-0.2, 0) is 6.42 Å². The number of fused-ring (bicyclic) bond motifs is 3. The summed E-state index contributed by atoms with van der Waals surface area (Å²) in [6, 6.07) is 7.76. The molecule has 3 rings (SSSR count). The molecule has 1 heterocycles. The molecule has 1 aliphatic carbocycles. The number of aromatic amines is 1. The van der Waals surface area contributed by atoms with Gasteiger partial charge in [-0.15, -0.1) is 0 Å². The van der Waals surface area contributed by atoms with Gasteiger partial charge >= 0.3 is 0 Å². The van der Waals surface area contributed by atoms with Crippen molar-refractivity contribution in [3.8, 4) is 0 Å². The molecule has 0 spiro atoms. The molecule has 0 aliphatic heterocycles. The minimum Gasteiger partial charge on any atom is -0.321 e. The Morgan fingerprint density at radius 2 is 2.00 bits per heavy atom. The summed E-state index contributed by atoms with van der Waals surface area (Å²) in [4.78, 5) is 15.2. The highest BCUT2D eigenvalue weighted by Crippen LogP contribution is 2.35. The maximum Gasteiger partial charge on any atom is 0.256 e. The zero-order valence-corrected chi connectivity index (χ0v) is 10.9. The van der Waals surface area contributed by atoms with Gasteiger partial charge in [0.15, 0.2) is 0 Å². The van der Waals surface area contributed by atoms with E-state index in [-0.39, 0.29) is 5.56 Å². The summed E-state index contributed by atoms with van der Waals surface area (Å²) in [5.74, 6) is 0. The average Bonchev–Trinajstić information content (AvgIpc) is 2.78. The summed E-state index contributed by atoms with van der Waals surface area (Å²) in [7, 11) is 0. The number of nitrogens with one attached hydrogen (secondary N) is 1. The van der Waals surface area contributed by atoms with Crippen LogP contribution in [0.25, 0.3) is 16.3 Å². The standard InChI is InChI=1S/C17H15NO/c1-3-7-12-11(4-2)10-15-13-8-5-6-9-14(13)17(19)18-16(12)15/h3-9H,2,10H2,1H3,(H,18,19)/b7-3-. The Balaban J connectivity index is 2.39. The molecule has 0 saturated heterocycles. The Kier molecular flexibility index (Phi) is 2.71. The summed E-state index contributed by atoms with van der Waals surface area (Å²) in [6.07, 6.45) is 6.73. The normalized spacial score (nSPS) is 14.4. The summed E-state index contributed by atoms with van der Waals surface area (Å²) in [5, 5.41) is 1.80. The number of hydrogen-bond acceptors (Lipinski definition) is 1. The van der Waals surface area contributed by atoms with E-state index in [1.807, 2.05) is 49.4 Å². The van der Waals surface area contributed by atoms with Crippen LogP contribution in [0.4, 0.5) is 0 Å². The van der Waals surface area contributed by atoms with E-state index in [2.05, 4.69) is 11.6 Å². The van der Waals surface area contributed by atoms with E-state index in [1.54, 1.807) is 0 Å². The minimum atomic E-state index is -0.0262. The van der Waals surface area contributed by atoms with Crippen molar-refractivity contribution in [3.05, 3.63) is 76.3 Å². The number of rotatable bonds is 2. The van der Waals surface area contributed by atoms with Crippen LogP contribution in [0.1, 0.15) is 18.2 Å². The zero-order valence-electron chi connectivity index (χ0n) is 10.9. The van der Waals surface area contributed by atoms with E-state index in [1.165, 1.54) is 11.1 Å². The molecule has 0 unspecified atom stereocenters. The number of hydrogen-bond donors (Lipinski definition) is 1. The number of H-pyrrole nitrogens is 1. The first-order valence-electron chi connectivity index (χ1n) is 6.38. The van der Waals surface area contributed by atoms with E-state index in [9.17, 15) is 4.79 Å². The molecule has 0 amide bonds. The lowest BCUT2D eigenvalue weighted by molar-refractivity contribution is 1.18. The molecule has 0 bridgehead atoms. The van der Waals surface area contributed by atoms with Crippen LogP contribution >= 0.6 is 0 Å². The van der Waals surface area contributed by atoms with Gasteiger partial charge in [-0.05, 0) is 29.5 Å². The molecule has 1 N–H and O–H groups in total. The Morgan fingerprint density at radius 3 is 2.68 bits per heavy atom. The Bertz CT molecular complexity index is 791. The SMILES string of the molecule is C=CC1=C(/C=C\C)c2[nH]c(=O)c3ccccc3c2C1. The van der Waals surface area contributed by atoms with Crippen molar-refractivity contribution < 1.29 is 0 Å². The zero-order chi connectivity index (χ0) is 13.4. The number of aromatic nitrogens is 1. The molecular weight excluding hydrogens is 234 g/mol. The fourth-order valence-electron chi connectivity index (χ4n) is 2.73. The van der Waals surface area contributed by atoms with Crippen molar-refractivity contribution in [2.75, 3.05) is 0 Å². The molecule has 2 nitrogen and oxygen atoms in total. The van der Waals surface area contributed by atoms with Gasteiger partial charge in [-0.3, -0.25) is 4.79 Å². The number of pyridine rings is 1. The highest BCUT2D eigenvalue weighted by molar-refractivity contribution is 5.94. The lowest BCUT2D eigenvalue weighted by Crippen LogP contribution is -2.10. The average molecular weight is 249 g/mol. The fraction of sp³-hybridized carbons (Fsp3) is 0.118. The third kappa shape index (κ3) is 1.68. The highest BCUT2D eigenvalue weighted by atomic mass is 16.1. The maximum atomic E-state index is 12.2. The van der Waals surface area contributed by atoms with Crippen LogP contribution < -0.4 is 5.56 Å². The number of allylic oxidation sites excluding steroid dienone is 5. The molecule has 0 saturated carbocycles. The first-order chi connectivity index (χ1) is 9.26. The van der Waals surface area contributed by atoms with Crippen molar-refractivity contribution in [2.45, 2.75) is 13.3 Å². The quantitative estimate of drug-likeness (QED) is 0.866. The Morgan fingerprint density at radius 1 is 1.26 bits per heavy atom. The second kappa shape index (κ2) is 4.39. The minimum absolute atomic E-state index is 0.0262. The topological polar surface area (TPSA) is 32.9 Å². The van der Waals surface area contributed by atoms with Gasteiger partial charge < -0.3 is 4.98 Å². The molecule has 1 aromatic heterocycles. The lowest BCUT2D eigenvalue weighted by Gasteiger charge is -2.06. The van der Waals surface area contributed by atoms with Gasteiger partial charge in [0.1, 0.15) is 0 Å². The second-order valence-corrected chi connectivity index (χ2v) is 4.67. The van der Waals surface area contributed by atoms with E-state index >= 15 is 0 Å². The van der Waals surface area contributed by atoms with E-state index in [4.69, 9.17) is 0 Å². The largest absolute Gasteiger partial charge is 0.321 e. The van der Waals surface area contributed by atoms with Gasteiger partial charge in [0.25, 0.3) is 5.56 Å². The van der Waals surface area contributed by atoms with Crippen molar-refractivity contribution in [3.63, 3.8) is 0 Å². The summed E-state index contributed by atoms with van der Waals surface area (Å²) in [5.41, 5.74) is 4.35. The maximum absolute atomic E-state index is 12.2. The van der Waals surface area contributed by atoms with Gasteiger partial charge in [-0.25, -0.2) is 0 Å². The van der Waals surface area contributed by atoms with Crippen molar-refractivity contribution in [2.24, 2.45) is 0 Å². The molecule has 19 heavy (non-hydrogen) atoms. The van der Waals surface area contributed by atoms with Gasteiger partial charge in [0, 0.05) is 17.4 Å². The van der Waals surface area contributed by atoms with E-state index in [0.717, 1.165) is 28.5 Å². The van der Waals surface area contributed by atoms with Crippen LogP contribution in [0, 0.1) is 0 Å². The molecule has 2 heteroatoms. The summed E-state index contributed by atoms with van der Waals surface area (Å²) >= 11 is 0. The van der Waals surface area contributed by atoms with Crippen LogP contribution in [0.3, 0.4) is 0 Å². The fourth-order valence-corrected chi connectivity index (χ4v) is 2.73. The van der Waals surface area contributed by atoms with Crippen LogP contribution in [0.5, 0.6) is 0 Å². The highest BCUT2D eigenvalue weighted by Gasteiger charge is 2.21. The Hall–Kier alpha value is -2.35. The summed E-state index contributed by atoms with van der Waals surface area (Å²) in [6.45, 7) is 5.85. The van der Waals surface area contributed by atoms with Gasteiger partial charge in [0.05, 0.1) is 5.69 Å². The molecular formula is C17H15NO. The molecule has 1 aromatic carbocycles. The van der Waals surface area contributed by atoms with E-state index < -0.39 is 0 Å². The third-order valence-corrected chi connectivity index (χ3v) is 3.60. The molecule has 1 aliphatic rings. The molecule has 0 fully saturated rings.